The van der Waals surface area contributed by atoms with E-state index in [4.69, 9.17) is 13.8 Å². The lowest BCUT2D eigenvalue weighted by Crippen LogP contribution is -2.47. The minimum absolute atomic E-state index is 0.0242. The van der Waals surface area contributed by atoms with Gasteiger partial charge in [-0.25, -0.2) is 4.57 Å². The summed E-state index contributed by atoms with van der Waals surface area (Å²) < 4.78 is 30.5. The van der Waals surface area contributed by atoms with Gasteiger partial charge in [-0.1, -0.05) is 227 Å². The molecule has 400 valence electrons. The zero-order chi connectivity index (χ0) is 51.5. The van der Waals surface area contributed by atoms with Gasteiger partial charge in [-0.3, -0.25) is 18.6 Å². The number of carbonyl (C=O) groups excluding carboxylic acids is 2. The molecule has 0 fully saturated rings. The maximum absolute atomic E-state index is 13.5. The predicted octanol–water partition coefficient (Wildman–Crippen LogP) is 16.6. The van der Waals surface area contributed by atoms with Crippen molar-refractivity contribution in [2.24, 2.45) is 0 Å². The van der Waals surface area contributed by atoms with Gasteiger partial charge in [0.05, 0.1) is 33.8 Å². The summed E-state index contributed by atoms with van der Waals surface area (Å²) >= 11 is 0. The summed E-state index contributed by atoms with van der Waals surface area (Å²) in [7, 11) is 1.44. The zero-order valence-corrected chi connectivity index (χ0v) is 46.4. The van der Waals surface area contributed by atoms with E-state index in [2.05, 4.69) is 62.5 Å². The summed E-state index contributed by atoms with van der Waals surface area (Å²) in [5.41, 5.74) is 0. The number of carbonyl (C=O) groups is 2. The van der Waals surface area contributed by atoms with Crippen LogP contribution in [-0.4, -0.2) is 74.3 Å². The Labute approximate surface area is 430 Å². The molecule has 0 aliphatic rings. The molecule has 0 bridgehead atoms. The van der Waals surface area contributed by atoms with Gasteiger partial charge >= 0.3 is 13.8 Å². The third-order valence-corrected chi connectivity index (χ3v) is 12.6. The Kier molecular flexibility index (Phi) is 46.9. The number of hydrogen-bond donors (Lipinski definition) is 2. The molecule has 0 spiro atoms. The Morgan fingerprint density at radius 1 is 0.514 bits per heavy atom. The average Bonchev–Trinajstić information content (AvgIpc) is 3.32. The monoisotopic (exact) mass is 996 g/mol. The van der Waals surface area contributed by atoms with Crippen molar-refractivity contribution in [1.82, 2.24) is 5.32 Å². The summed E-state index contributed by atoms with van der Waals surface area (Å²) in [4.78, 5) is 37.5. The maximum Gasteiger partial charge on any atom is 0.472 e. The fourth-order valence-corrected chi connectivity index (χ4v) is 8.05. The molecule has 0 saturated carbocycles. The van der Waals surface area contributed by atoms with Crippen molar-refractivity contribution in [3.8, 4) is 0 Å². The molecule has 0 rings (SSSR count). The number of unbranched alkanes of at least 4 members (excludes halogenated alkanes) is 22. The van der Waals surface area contributed by atoms with Crippen molar-refractivity contribution in [1.29, 1.82) is 0 Å². The van der Waals surface area contributed by atoms with E-state index in [0.717, 1.165) is 96.3 Å². The molecule has 0 radical (unpaired) electrons. The highest BCUT2D eigenvalue weighted by atomic mass is 31.2. The van der Waals surface area contributed by atoms with Crippen molar-refractivity contribution in [2.75, 3.05) is 40.9 Å². The van der Waals surface area contributed by atoms with Crippen LogP contribution < -0.4 is 5.32 Å². The van der Waals surface area contributed by atoms with Crippen LogP contribution in [0, 0.1) is 0 Å². The van der Waals surface area contributed by atoms with Crippen molar-refractivity contribution in [2.45, 2.75) is 219 Å². The van der Waals surface area contributed by atoms with Gasteiger partial charge in [-0.05, 0) is 76.7 Å². The fraction of sp³-hybridized carbons (Fsp3) is 0.667. The molecule has 0 aromatic rings. The maximum atomic E-state index is 13.5. The minimum atomic E-state index is -4.46. The Bertz CT molecular complexity index is 1570. The number of rotatable bonds is 48. The molecule has 10 heteroatoms. The molecule has 1 amide bonds. The van der Waals surface area contributed by atoms with E-state index in [1.54, 1.807) is 0 Å². The lowest BCUT2D eigenvalue weighted by molar-refractivity contribution is -0.870. The standard InChI is InChI=1S/C60H103N2O7P/c1-7-10-13-16-19-22-25-28-30-31-33-35-38-41-44-47-50-53-60(64)69-58(51-48-45-42-39-36-27-24-21-18-15-12-9-3)57(56-68-70(65,66)67-55-54-62(4,5)6)61-59(63)52-49-46-43-40-37-34-32-29-26-23-20-17-14-11-8-2/h10,13,16,19-20,22-23,25-26,28-31,33,35,38,48,51,57-58H,7-9,11-12,14-15,17-18,21,24,27,32,34,36-37,39-47,49-50,52-56H2,1-6H3,(H-,61,63,65,66)/p+1/b13-10-,19-16+,23-20+,25-22+,29-26+,30-28-,33-31+,38-35+,51-48+. The third-order valence-electron chi connectivity index (χ3n) is 11.6. The number of esters is 1. The lowest BCUT2D eigenvalue weighted by atomic mass is 10.0. The molecule has 3 unspecified atom stereocenters. The molecule has 3 atom stereocenters. The first-order valence-corrected chi connectivity index (χ1v) is 29.3. The largest absolute Gasteiger partial charge is 0.472 e. The second-order valence-corrected chi connectivity index (χ2v) is 21.0. The van der Waals surface area contributed by atoms with Gasteiger partial charge < -0.3 is 19.4 Å². The zero-order valence-electron chi connectivity index (χ0n) is 45.5. The van der Waals surface area contributed by atoms with Gasteiger partial charge in [0.2, 0.25) is 5.91 Å². The first-order valence-electron chi connectivity index (χ1n) is 27.8. The highest BCUT2D eigenvalue weighted by Gasteiger charge is 2.30. The van der Waals surface area contributed by atoms with Gasteiger partial charge in [-0.2, -0.15) is 0 Å². The highest BCUT2D eigenvalue weighted by Crippen LogP contribution is 2.43. The van der Waals surface area contributed by atoms with E-state index in [-0.39, 0.29) is 31.5 Å². The van der Waals surface area contributed by atoms with E-state index < -0.39 is 20.0 Å². The van der Waals surface area contributed by atoms with E-state index in [1.807, 2.05) is 94.1 Å². The number of allylic oxidation sites excluding steroid dienone is 17. The number of quaternary nitrogens is 1. The topological polar surface area (TPSA) is 111 Å². The predicted molar refractivity (Wildman–Crippen MR) is 300 cm³/mol. The number of phosphoric acid groups is 1. The molecule has 70 heavy (non-hydrogen) atoms. The molecular weight excluding hydrogens is 892 g/mol. The van der Waals surface area contributed by atoms with Gasteiger partial charge in [0.15, 0.2) is 0 Å². The molecule has 0 heterocycles. The van der Waals surface area contributed by atoms with Gasteiger partial charge in [0, 0.05) is 12.8 Å². The Morgan fingerprint density at radius 2 is 0.914 bits per heavy atom. The number of likely N-dealkylation sites (N-methyl/N-ethyl adjacent to an activating group) is 1. The first-order chi connectivity index (χ1) is 33.9. The Balaban J connectivity index is 5.51. The van der Waals surface area contributed by atoms with Crippen LogP contribution in [0.2, 0.25) is 0 Å². The Morgan fingerprint density at radius 3 is 1.43 bits per heavy atom. The van der Waals surface area contributed by atoms with E-state index in [9.17, 15) is 19.0 Å². The van der Waals surface area contributed by atoms with Crippen molar-refractivity contribution < 1.29 is 37.3 Å². The summed E-state index contributed by atoms with van der Waals surface area (Å²) in [6, 6.07) is -0.879. The molecule has 0 aromatic heterocycles. The van der Waals surface area contributed by atoms with Gasteiger partial charge in [-0.15, -0.1) is 0 Å². The van der Waals surface area contributed by atoms with Crippen LogP contribution >= 0.6 is 7.82 Å². The molecule has 0 aromatic carbocycles. The second-order valence-electron chi connectivity index (χ2n) is 19.6. The summed E-state index contributed by atoms with van der Waals surface area (Å²) in [6.45, 7) is 6.77. The molecular formula is C60H104N2O7P+. The summed E-state index contributed by atoms with van der Waals surface area (Å²) in [5, 5.41) is 3.02. The SMILES string of the molecule is CC\C=C/C=C/C=C/C=C\C=C\C=C\CCCCCC(=O)OC(/C=C/CCCCCCCCCCCC)C(COP(=O)(O)OCC[N+](C)(C)C)NC(=O)CCCCCCCC/C=C/C=C/CCCCC. The first kappa shape index (κ1) is 66.7. The number of nitrogens with zero attached hydrogens (tertiary/aromatic N) is 1. The summed E-state index contributed by atoms with van der Waals surface area (Å²) in [6.07, 6.45) is 66.5. The second kappa shape index (κ2) is 49.3. The molecule has 0 saturated heterocycles. The fourth-order valence-electron chi connectivity index (χ4n) is 7.31. The van der Waals surface area contributed by atoms with Crippen LogP contribution in [0.4, 0.5) is 0 Å². The van der Waals surface area contributed by atoms with Crippen LogP contribution in [0.1, 0.15) is 207 Å². The normalized spacial score (nSPS) is 14.7. The molecule has 0 aliphatic carbocycles. The average molecular weight is 996 g/mol. The molecule has 0 aliphatic heterocycles. The van der Waals surface area contributed by atoms with Crippen molar-refractivity contribution >= 4 is 19.7 Å². The minimum Gasteiger partial charge on any atom is -0.456 e. The molecule has 2 N–H and O–H groups in total. The van der Waals surface area contributed by atoms with Crippen LogP contribution in [0.3, 0.4) is 0 Å². The third kappa shape index (κ3) is 49.6. The number of hydrogen-bond acceptors (Lipinski definition) is 6. The van der Waals surface area contributed by atoms with Gasteiger partial charge in [0.25, 0.3) is 0 Å². The number of ether oxygens (including phenoxy) is 1. The number of nitrogens with one attached hydrogen (secondary N) is 1. The van der Waals surface area contributed by atoms with Crippen LogP contribution in [-0.2, 0) is 27.9 Å². The van der Waals surface area contributed by atoms with Crippen LogP contribution in [0.25, 0.3) is 0 Å². The van der Waals surface area contributed by atoms with Crippen molar-refractivity contribution in [3.05, 3.63) is 109 Å². The highest BCUT2D eigenvalue weighted by molar-refractivity contribution is 7.47. The molecule has 9 nitrogen and oxygen atoms in total. The summed E-state index contributed by atoms with van der Waals surface area (Å²) in [5.74, 6) is -0.579. The van der Waals surface area contributed by atoms with E-state index >= 15 is 0 Å². The Hall–Kier alpha value is -3.33. The smallest absolute Gasteiger partial charge is 0.456 e. The number of amides is 1. The van der Waals surface area contributed by atoms with Crippen molar-refractivity contribution in [3.63, 3.8) is 0 Å². The lowest BCUT2D eigenvalue weighted by Gasteiger charge is -2.27. The van der Waals surface area contributed by atoms with Crippen LogP contribution in [0.15, 0.2) is 109 Å². The van der Waals surface area contributed by atoms with Gasteiger partial charge in [0.1, 0.15) is 19.3 Å². The van der Waals surface area contributed by atoms with E-state index in [1.165, 1.54) is 70.6 Å². The van der Waals surface area contributed by atoms with E-state index in [0.29, 0.717) is 23.9 Å². The quantitative estimate of drug-likeness (QED) is 0.0156. The number of phosphoric ester groups is 1. The van der Waals surface area contributed by atoms with Crippen LogP contribution in [0.5, 0.6) is 0 Å².